The normalized spacial score (nSPS) is 12.3. The predicted octanol–water partition coefficient (Wildman–Crippen LogP) is 4.14. The second-order valence-electron chi connectivity index (χ2n) is 6.00. The molecule has 0 aliphatic heterocycles. The van der Waals surface area contributed by atoms with Gasteiger partial charge in [0.15, 0.2) is 5.96 Å². The smallest absolute Gasteiger partial charge is 0.350 e. The molecule has 28 heavy (non-hydrogen) atoms. The van der Waals surface area contributed by atoms with E-state index in [-0.39, 0.29) is 36.0 Å². The zero-order valence-electron chi connectivity index (χ0n) is 17.1. The maximum Gasteiger partial charge on any atom is 0.350 e. The summed E-state index contributed by atoms with van der Waals surface area (Å²) in [6.45, 7) is 13.3. The van der Waals surface area contributed by atoms with Crippen molar-refractivity contribution in [1.29, 1.82) is 0 Å². The molecule has 156 valence electrons. The molecule has 10 heteroatoms. The Balaban J connectivity index is 0.00000392. The van der Waals surface area contributed by atoms with E-state index < -0.39 is 0 Å². The van der Waals surface area contributed by atoms with Crippen LogP contribution < -0.4 is 10.6 Å². The molecule has 2 aromatic rings. The Bertz CT molecular complexity index is 800. The Labute approximate surface area is 191 Å². The minimum atomic E-state index is -0.318. The summed E-state index contributed by atoms with van der Waals surface area (Å²) in [5.41, 5.74) is 1.75. The Morgan fingerprint density at radius 3 is 2.46 bits per heavy atom. The number of aliphatic imine (C=N–C) groups is 1. The van der Waals surface area contributed by atoms with Crippen LogP contribution in [-0.4, -0.2) is 35.0 Å². The molecule has 0 amide bonds. The molecule has 2 N–H and O–H groups in total. The number of guanidine groups is 1. The highest BCUT2D eigenvalue weighted by Gasteiger charge is 2.20. The van der Waals surface area contributed by atoms with E-state index in [1.165, 1.54) is 16.2 Å². The van der Waals surface area contributed by atoms with Crippen molar-refractivity contribution in [2.75, 3.05) is 13.2 Å². The van der Waals surface area contributed by atoms with Crippen LogP contribution in [0.15, 0.2) is 4.99 Å². The second-order valence-corrected chi connectivity index (χ2v) is 8.32. The molecule has 0 fully saturated rings. The molecule has 0 saturated carbocycles. The minimum Gasteiger partial charge on any atom is -0.462 e. The molecule has 1 unspecified atom stereocenters. The maximum absolute atomic E-state index is 12.0. The van der Waals surface area contributed by atoms with Gasteiger partial charge in [0.25, 0.3) is 0 Å². The van der Waals surface area contributed by atoms with E-state index in [1.807, 2.05) is 27.7 Å². The van der Waals surface area contributed by atoms with Gasteiger partial charge in [-0.15, -0.1) is 46.7 Å². The van der Waals surface area contributed by atoms with Crippen molar-refractivity contribution in [3.05, 3.63) is 31.2 Å². The van der Waals surface area contributed by atoms with Gasteiger partial charge in [0.05, 0.1) is 30.6 Å². The lowest BCUT2D eigenvalue weighted by Gasteiger charge is -2.15. The van der Waals surface area contributed by atoms with Crippen LogP contribution in [0.5, 0.6) is 0 Å². The van der Waals surface area contributed by atoms with Gasteiger partial charge in [-0.1, -0.05) is 0 Å². The molecular weight excluding hydrogens is 509 g/mol. The average molecular weight is 537 g/mol. The van der Waals surface area contributed by atoms with Crippen LogP contribution in [0.1, 0.15) is 62.8 Å². The molecule has 2 rings (SSSR count). The average Bonchev–Trinajstić information content (AvgIpc) is 3.16. The molecule has 7 nitrogen and oxygen atoms in total. The fraction of sp³-hybridized carbons (Fsp3) is 0.556. The highest BCUT2D eigenvalue weighted by molar-refractivity contribution is 14.0. The number of thiazole rings is 2. The van der Waals surface area contributed by atoms with E-state index in [0.29, 0.717) is 29.7 Å². The van der Waals surface area contributed by atoms with Crippen LogP contribution >= 0.6 is 46.7 Å². The van der Waals surface area contributed by atoms with Crippen molar-refractivity contribution in [2.24, 2.45) is 4.99 Å². The lowest BCUT2D eigenvalue weighted by Crippen LogP contribution is -2.38. The van der Waals surface area contributed by atoms with E-state index >= 15 is 0 Å². The Kier molecular flexibility index (Phi) is 10.3. The first kappa shape index (κ1) is 24.8. The molecule has 1 atom stereocenters. The Morgan fingerprint density at radius 2 is 1.89 bits per heavy atom. The summed E-state index contributed by atoms with van der Waals surface area (Å²) in [6.07, 6.45) is 0. The first-order chi connectivity index (χ1) is 12.8. The second kappa shape index (κ2) is 11.7. The summed E-state index contributed by atoms with van der Waals surface area (Å²) in [7, 11) is 0. The number of carbonyl (C=O) groups excluding carboxylic acids is 1. The lowest BCUT2D eigenvalue weighted by molar-refractivity contribution is 0.0531. The van der Waals surface area contributed by atoms with Gasteiger partial charge in [-0.3, -0.25) is 0 Å². The molecule has 2 heterocycles. The molecule has 0 aliphatic carbocycles. The summed E-state index contributed by atoms with van der Waals surface area (Å²) in [5.74, 6) is 0.377. The molecule has 0 saturated heterocycles. The molecule has 0 radical (unpaired) electrons. The maximum atomic E-state index is 12.0. The standard InChI is InChI=1S/C18H27N5O2S2.HI/c1-7-19-18(20-9-14-21-10(3)13(6)26-14)23-12(5)16-22-11(4)15(27-16)17(24)25-8-2;/h12H,7-9H2,1-6H3,(H2,19,20,23);1H. The third-order valence-corrected chi connectivity index (χ3v) is 6.16. The molecule has 0 spiro atoms. The number of hydrogen-bond donors (Lipinski definition) is 2. The highest BCUT2D eigenvalue weighted by atomic mass is 127. The third-order valence-electron chi connectivity index (χ3n) is 3.79. The number of nitrogens with one attached hydrogen (secondary N) is 2. The summed E-state index contributed by atoms with van der Waals surface area (Å²) in [4.78, 5) is 27.4. The quantitative estimate of drug-likeness (QED) is 0.239. The van der Waals surface area contributed by atoms with E-state index in [2.05, 4.69) is 32.5 Å². The van der Waals surface area contributed by atoms with Gasteiger partial charge in [0, 0.05) is 11.4 Å². The largest absolute Gasteiger partial charge is 0.462 e. The van der Waals surface area contributed by atoms with Gasteiger partial charge >= 0.3 is 5.97 Å². The Morgan fingerprint density at radius 1 is 1.18 bits per heavy atom. The van der Waals surface area contributed by atoms with Crippen LogP contribution in [-0.2, 0) is 11.3 Å². The number of hydrogen-bond acceptors (Lipinski definition) is 7. The van der Waals surface area contributed by atoms with Crippen molar-refractivity contribution in [1.82, 2.24) is 20.6 Å². The van der Waals surface area contributed by atoms with Crippen LogP contribution in [0.4, 0.5) is 0 Å². The Hall–Kier alpha value is -1.27. The minimum absolute atomic E-state index is 0. The molecular formula is C18H28IN5O2S2. The van der Waals surface area contributed by atoms with Crippen LogP contribution in [0, 0.1) is 20.8 Å². The van der Waals surface area contributed by atoms with Crippen LogP contribution in [0.25, 0.3) is 0 Å². The van der Waals surface area contributed by atoms with Crippen LogP contribution in [0.3, 0.4) is 0 Å². The van der Waals surface area contributed by atoms with Crippen molar-refractivity contribution in [3.8, 4) is 0 Å². The topological polar surface area (TPSA) is 88.5 Å². The zero-order chi connectivity index (χ0) is 20.0. The van der Waals surface area contributed by atoms with Gasteiger partial charge in [-0.25, -0.2) is 19.8 Å². The summed E-state index contributed by atoms with van der Waals surface area (Å²) in [6, 6.07) is -0.0885. The number of halogens is 1. The number of aromatic nitrogens is 2. The van der Waals surface area contributed by atoms with Crippen molar-refractivity contribution < 1.29 is 9.53 Å². The van der Waals surface area contributed by atoms with E-state index in [0.717, 1.165) is 22.3 Å². The zero-order valence-corrected chi connectivity index (χ0v) is 21.0. The number of carbonyl (C=O) groups is 1. The van der Waals surface area contributed by atoms with Gasteiger partial charge in [0.2, 0.25) is 0 Å². The van der Waals surface area contributed by atoms with Crippen molar-refractivity contribution in [2.45, 2.75) is 54.1 Å². The van der Waals surface area contributed by atoms with Gasteiger partial charge in [0.1, 0.15) is 14.9 Å². The molecule has 0 aromatic carbocycles. The number of rotatable bonds is 7. The predicted molar refractivity (Wildman–Crippen MR) is 126 cm³/mol. The van der Waals surface area contributed by atoms with Crippen molar-refractivity contribution in [3.63, 3.8) is 0 Å². The van der Waals surface area contributed by atoms with Crippen LogP contribution in [0.2, 0.25) is 0 Å². The summed E-state index contributed by atoms with van der Waals surface area (Å²) < 4.78 is 5.09. The fourth-order valence-corrected chi connectivity index (χ4v) is 4.15. The first-order valence-electron chi connectivity index (χ1n) is 8.97. The molecule has 2 aromatic heterocycles. The summed E-state index contributed by atoms with van der Waals surface area (Å²) >= 11 is 3.02. The first-order valence-corrected chi connectivity index (χ1v) is 10.6. The fourth-order valence-electron chi connectivity index (χ4n) is 2.33. The monoisotopic (exact) mass is 537 g/mol. The highest BCUT2D eigenvalue weighted by Crippen LogP contribution is 2.24. The number of aryl methyl sites for hydroxylation is 3. The van der Waals surface area contributed by atoms with Gasteiger partial charge < -0.3 is 15.4 Å². The number of nitrogens with zero attached hydrogens (tertiary/aromatic N) is 3. The number of ether oxygens (including phenoxy) is 1. The van der Waals surface area contributed by atoms with Gasteiger partial charge in [-0.05, 0) is 41.5 Å². The van der Waals surface area contributed by atoms with Crippen molar-refractivity contribution >= 4 is 58.6 Å². The van der Waals surface area contributed by atoms with E-state index in [9.17, 15) is 4.79 Å². The third kappa shape index (κ3) is 6.66. The SMILES string of the molecule is CCNC(=NCc1nc(C)c(C)s1)NC(C)c1nc(C)c(C(=O)OCC)s1.I. The molecule has 0 bridgehead atoms. The molecule has 0 aliphatic rings. The number of esters is 1. The van der Waals surface area contributed by atoms with E-state index in [4.69, 9.17) is 4.74 Å². The lowest BCUT2D eigenvalue weighted by atomic mass is 10.3. The summed E-state index contributed by atoms with van der Waals surface area (Å²) in [5, 5.41) is 8.40. The van der Waals surface area contributed by atoms with Gasteiger partial charge in [-0.2, -0.15) is 0 Å². The van der Waals surface area contributed by atoms with E-state index in [1.54, 1.807) is 18.3 Å².